The number of sulfone groups is 1. The maximum atomic E-state index is 13.2. The number of carbonyl (C=O) groups excluding carboxylic acids is 2. The second-order valence-electron chi connectivity index (χ2n) is 9.34. The van der Waals surface area contributed by atoms with Gasteiger partial charge in [0.2, 0.25) is 0 Å². The van der Waals surface area contributed by atoms with Gasteiger partial charge >= 0.3 is 0 Å². The van der Waals surface area contributed by atoms with Crippen LogP contribution in [0.1, 0.15) is 38.4 Å². The minimum Gasteiger partial charge on any atom is -0.358 e. The quantitative estimate of drug-likeness (QED) is 0.298. The van der Waals surface area contributed by atoms with E-state index in [1.807, 2.05) is 32.8 Å². The fourth-order valence-corrected chi connectivity index (χ4v) is 5.22. The number of nitrogens with one attached hydrogen (secondary N) is 3. The highest BCUT2D eigenvalue weighted by atomic mass is 32.2. The molecule has 0 bridgehead atoms. The van der Waals surface area contributed by atoms with Gasteiger partial charge in [0.05, 0.1) is 16.0 Å². The van der Waals surface area contributed by atoms with Gasteiger partial charge in [-0.05, 0) is 87.6 Å². The first-order chi connectivity index (χ1) is 18.0. The number of aryl methyl sites for hydroxylation is 1. The molecule has 0 fully saturated rings. The normalized spacial score (nSPS) is 14.4. The molecule has 2 heterocycles. The third-order valence-electron chi connectivity index (χ3n) is 6.24. The lowest BCUT2D eigenvalue weighted by Crippen LogP contribution is -2.31. The van der Waals surface area contributed by atoms with Gasteiger partial charge in [-0.2, -0.15) is 0 Å². The van der Waals surface area contributed by atoms with Crippen LogP contribution >= 0.6 is 0 Å². The highest BCUT2D eigenvalue weighted by Gasteiger charge is 2.26. The molecule has 10 heteroatoms. The van der Waals surface area contributed by atoms with Crippen LogP contribution in [-0.2, 0) is 14.6 Å². The van der Waals surface area contributed by atoms with Gasteiger partial charge in [-0.15, -0.1) is 0 Å². The van der Waals surface area contributed by atoms with Crippen molar-refractivity contribution in [2.45, 2.75) is 18.7 Å². The Morgan fingerprint density at radius 3 is 2.50 bits per heavy atom. The second kappa shape index (κ2) is 10.8. The van der Waals surface area contributed by atoms with Crippen molar-refractivity contribution in [2.75, 3.05) is 32.5 Å². The molecule has 0 aliphatic carbocycles. The average molecular weight is 537 g/mol. The van der Waals surface area contributed by atoms with Crippen molar-refractivity contribution in [1.82, 2.24) is 15.2 Å². The van der Waals surface area contributed by atoms with Crippen molar-refractivity contribution >= 4 is 45.1 Å². The number of hydrogen-bond donors (Lipinski definition) is 3. The van der Waals surface area contributed by atoms with Gasteiger partial charge in [-0.1, -0.05) is 6.07 Å². The number of aromatic amines is 1. The van der Waals surface area contributed by atoms with E-state index in [2.05, 4.69) is 15.6 Å². The number of amides is 2. The highest BCUT2D eigenvalue weighted by molar-refractivity contribution is 7.94. The van der Waals surface area contributed by atoms with E-state index >= 15 is 0 Å². The van der Waals surface area contributed by atoms with Crippen LogP contribution in [-0.4, -0.2) is 57.3 Å². The molecule has 3 aromatic rings. The van der Waals surface area contributed by atoms with Crippen LogP contribution in [0.5, 0.6) is 0 Å². The summed E-state index contributed by atoms with van der Waals surface area (Å²) < 4.78 is 38.4. The van der Waals surface area contributed by atoms with Crippen LogP contribution in [0.2, 0.25) is 0 Å². The number of H-pyrrole nitrogens is 1. The molecule has 1 aliphatic rings. The molecule has 4 rings (SSSR count). The van der Waals surface area contributed by atoms with Crippen LogP contribution in [0.4, 0.5) is 10.1 Å². The summed E-state index contributed by atoms with van der Waals surface area (Å²) in [6, 6.07) is 9.71. The van der Waals surface area contributed by atoms with Gasteiger partial charge in [-0.25, -0.2) is 12.8 Å². The Labute approximate surface area is 221 Å². The van der Waals surface area contributed by atoms with E-state index in [0.717, 1.165) is 23.1 Å². The van der Waals surface area contributed by atoms with Gasteiger partial charge in [0.25, 0.3) is 11.8 Å². The largest absolute Gasteiger partial charge is 0.358 e. The Balaban J connectivity index is 1.62. The second-order valence-corrected chi connectivity index (χ2v) is 11.2. The number of carbonyl (C=O) groups is 2. The van der Waals surface area contributed by atoms with Crippen LogP contribution in [0, 0.1) is 19.7 Å². The predicted octanol–water partition coefficient (Wildman–Crippen LogP) is 4.00. The van der Waals surface area contributed by atoms with E-state index in [0.29, 0.717) is 52.4 Å². The smallest absolute Gasteiger partial charge is 0.256 e. The fourth-order valence-electron chi connectivity index (χ4n) is 4.21. The lowest BCUT2D eigenvalue weighted by Gasteiger charge is -2.10. The van der Waals surface area contributed by atoms with E-state index in [9.17, 15) is 22.4 Å². The molecule has 1 aromatic heterocycles. The molecule has 2 aromatic carbocycles. The number of likely N-dealkylation sites (N-methyl/N-ethyl adjacent to an activating group) is 1. The molecule has 2 amide bonds. The van der Waals surface area contributed by atoms with Gasteiger partial charge in [0.1, 0.15) is 5.82 Å². The molecule has 0 radical (unpaired) electrons. The molecule has 38 heavy (non-hydrogen) atoms. The van der Waals surface area contributed by atoms with Gasteiger partial charge in [-0.3, -0.25) is 9.59 Å². The van der Waals surface area contributed by atoms with Crippen molar-refractivity contribution < 1.29 is 22.4 Å². The predicted molar refractivity (Wildman–Crippen MR) is 147 cm³/mol. The molecular weight excluding hydrogens is 507 g/mol. The number of benzene rings is 2. The van der Waals surface area contributed by atoms with Crippen LogP contribution < -0.4 is 10.6 Å². The first kappa shape index (κ1) is 27.0. The number of halogens is 1. The standard InChI is InChI=1S/C28H29FN4O4S/c1-17-25(31-18(2)26(17)28(35)30-12-13-33(3)4)16-23-22-15-19(5-10-24(22)32-27(23)34)11-14-38(36,37)21-8-6-20(29)7-9-21/h5-11,14-16,31H,12-13H2,1-4H3,(H,30,35)(H,32,34)/b14-11+,23-16-. The maximum Gasteiger partial charge on any atom is 0.256 e. The number of nitrogens with zero attached hydrogens (tertiary/aromatic N) is 1. The van der Waals surface area contributed by atoms with Crippen molar-refractivity contribution in [2.24, 2.45) is 0 Å². The Morgan fingerprint density at radius 2 is 1.82 bits per heavy atom. The average Bonchev–Trinajstić information content (AvgIpc) is 3.32. The Hall–Kier alpha value is -4.02. The van der Waals surface area contributed by atoms with E-state index < -0.39 is 15.7 Å². The van der Waals surface area contributed by atoms with E-state index in [4.69, 9.17) is 0 Å². The monoisotopic (exact) mass is 536 g/mol. The molecular formula is C28H29FN4O4S. The first-order valence-electron chi connectivity index (χ1n) is 11.9. The molecule has 3 N–H and O–H groups in total. The minimum absolute atomic E-state index is 0.0205. The van der Waals surface area contributed by atoms with Crippen LogP contribution in [0.3, 0.4) is 0 Å². The molecule has 8 nitrogen and oxygen atoms in total. The summed E-state index contributed by atoms with van der Waals surface area (Å²) in [7, 11) is 0.0804. The van der Waals surface area contributed by atoms with E-state index in [1.54, 1.807) is 24.3 Å². The lowest BCUT2D eigenvalue weighted by atomic mass is 10.0. The number of aromatic nitrogens is 1. The third kappa shape index (κ3) is 5.76. The van der Waals surface area contributed by atoms with Crippen LogP contribution in [0.15, 0.2) is 52.8 Å². The zero-order valence-corrected chi connectivity index (χ0v) is 22.4. The summed E-state index contributed by atoms with van der Waals surface area (Å²) in [6.45, 7) is 4.85. The molecule has 0 atom stereocenters. The Kier molecular flexibility index (Phi) is 7.66. The zero-order valence-electron chi connectivity index (χ0n) is 21.6. The zero-order chi connectivity index (χ0) is 27.6. The molecule has 0 saturated heterocycles. The summed E-state index contributed by atoms with van der Waals surface area (Å²) in [4.78, 5) is 30.7. The van der Waals surface area contributed by atoms with Crippen molar-refractivity contribution in [3.8, 4) is 0 Å². The van der Waals surface area contributed by atoms with Gasteiger partial charge in [0, 0.05) is 41.1 Å². The number of anilines is 1. The minimum atomic E-state index is -3.78. The Bertz CT molecular complexity index is 1570. The number of fused-ring (bicyclic) bond motifs is 1. The summed E-state index contributed by atoms with van der Waals surface area (Å²) >= 11 is 0. The van der Waals surface area contributed by atoms with E-state index in [-0.39, 0.29) is 16.7 Å². The van der Waals surface area contributed by atoms with Gasteiger partial charge in [0.15, 0.2) is 9.84 Å². The summed E-state index contributed by atoms with van der Waals surface area (Å²) in [6.07, 6.45) is 3.13. The fraction of sp³-hybridized carbons (Fsp3) is 0.214. The number of rotatable bonds is 8. The van der Waals surface area contributed by atoms with Crippen molar-refractivity contribution in [3.63, 3.8) is 0 Å². The highest BCUT2D eigenvalue weighted by Crippen LogP contribution is 2.35. The summed E-state index contributed by atoms with van der Waals surface area (Å²) in [5.74, 6) is -1.01. The SMILES string of the molecule is Cc1[nH]c(/C=C2\C(=O)Nc3ccc(/C=C/S(=O)(=O)c4ccc(F)cc4)cc32)c(C)c1C(=O)NCCN(C)C. The number of hydrogen-bond acceptors (Lipinski definition) is 5. The first-order valence-corrected chi connectivity index (χ1v) is 13.5. The van der Waals surface area contributed by atoms with Crippen molar-refractivity contribution in [3.05, 3.63) is 87.3 Å². The Morgan fingerprint density at radius 1 is 1.11 bits per heavy atom. The molecule has 198 valence electrons. The lowest BCUT2D eigenvalue weighted by molar-refractivity contribution is -0.110. The molecule has 0 spiro atoms. The molecule has 0 saturated carbocycles. The third-order valence-corrected chi connectivity index (χ3v) is 7.67. The summed E-state index contributed by atoms with van der Waals surface area (Å²) in [5, 5.41) is 6.78. The van der Waals surface area contributed by atoms with Crippen LogP contribution in [0.25, 0.3) is 17.7 Å². The molecule has 1 aliphatic heterocycles. The van der Waals surface area contributed by atoms with E-state index in [1.165, 1.54) is 18.2 Å². The maximum absolute atomic E-state index is 13.2. The topological polar surface area (TPSA) is 111 Å². The van der Waals surface area contributed by atoms with Gasteiger partial charge < -0.3 is 20.5 Å². The summed E-state index contributed by atoms with van der Waals surface area (Å²) in [5.41, 5.74) is 4.76. The van der Waals surface area contributed by atoms with Crippen molar-refractivity contribution in [1.29, 1.82) is 0 Å². The molecule has 0 unspecified atom stereocenters.